The van der Waals surface area contributed by atoms with Crippen molar-refractivity contribution in [3.05, 3.63) is 0 Å². The van der Waals surface area contributed by atoms with E-state index in [0.29, 0.717) is 17.0 Å². The van der Waals surface area contributed by atoms with Crippen LogP contribution in [0.15, 0.2) is 0 Å². The first-order valence-electron chi connectivity index (χ1n) is 8.91. The van der Waals surface area contributed by atoms with E-state index < -0.39 is 6.10 Å². The van der Waals surface area contributed by atoms with Gasteiger partial charge in [-0.1, -0.05) is 58.3 Å². The third-order valence-corrected chi connectivity index (χ3v) is 5.95. The molecule has 1 aliphatic rings. The number of thioether (sulfide) groups is 1. The van der Waals surface area contributed by atoms with E-state index in [-0.39, 0.29) is 6.61 Å². The fraction of sp³-hybridized carbons (Fsp3) is 1.00. The summed E-state index contributed by atoms with van der Waals surface area (Å²) >= 11 is 1.86. The maximum absolute atomic E-state index is 9.62. The minimum absolute atomic E-state index is 0.119. The standard InChI is InChI=1S/C17H35NO2S/c1-2-18-16-11-9-7-5-3-4-6-8-10-12-17(16)21-14-15(20)13-19/h15-20H,2-14H2,1H3. The van der Waals surface area contributed by atoms with Gasteiger partial charge in [0.05, 0.1) is 12.7 Å². The van der Waals surface area contributed by atoms with Crippen LogP contribution in [0.4, 0.5) is 0 Å². The van der Waals surface area contributed by atoms with Crippen molar-refractivity contribution in [2.24, 2.45) is 0 Å². The molecular formula is C17H35NO2S. The Morgan fingerprint density at radius 2 is 1.57 bits per heavy atom. The Morgan fingerprint density at radius 3 is 2.14 bits per heavy atom. The number of aliphatic hydroxyl groups excluding tert-OH is 2. The van der Waals surface area contributed by atoms with Crippen LogP contribution in [0.5, 0.6) is 0 Å². The lowest BCUT2D eigenvalue weighted by Crippen LogP contribution is -2.39. The highest BCUT2D eigenvalue weighted by Gasteiger charge is 2.22. The maximum Gasteiger partial charge on any atom is 0.0861 e. The van der Waals surface area contributed by atoms with E-state index >= 15 is 0 Å². The summed E-state index contributed by atoms with van der Waals surface area (Å²) in [6.45, 7) is 3.08. The first-order chi connectivity index (χ1) is 10.3. The summed E-state index contributed by atoms with van der Waals surface area (Å²) in [6.07, 6.45) is 12.8. The average molecular weight is 318 g/mol. The first kappa shape index (κ1) is 19.3. The fourth-order valence-corrected chi connectivity index (χ4v) is 4.51. The minimum atomic E-state index is -0.571. The van der Waals surface area contributed by atoms with Gasteiger partial charge in [-0.05, 0) is 19.4 Å². The van der Waals surface area contributed by atoms with Crippen molar-refractivity contribution >= 4 is 11.8 Å². The van der Waals surface area contributed by atoms with Crippen LogP contribution in [0.1, 0.15) is 71.1 Å². The third kappa shape index (κ3) is 9.07. The smallest absolute Gasteiger partial charge is 0.0861 e. The second-order valence-corrected chi connectivity index (χ2v) is 7.55. The highest BCUT2D eigenvalue weighted by Crippen LogP contribution is 2.26. The largest absolute Gasteiger partial charge is 0.394 e. The van der Waals surface area contributed by atoms with Gasteiger partial charge in [-0.15, -0.1) is 0 Å². The van der Waals surface area contributed by atoms with E-state index in [4.69, 9.17) is 5.11 Å². The van der Waals surface area contributed by atoms with Gasteiger partial charge in [-0.3, -0.25) is 0 Å². The number of hydrogen-bond acceptors (Lipinski definition) is 4. The third-order valence-electron chi connectivity index (χ3n) is 4.38. The summed E-state index contributed by atoms with van der Waals surface area (Å²) in [5.74, 6) is 0.656. The molecular weight excluding hydrogens is 282 g/mol. The molecule has 0 saturated heterocycles. The summed E-state index contributed by atoms with van der Waals surface area (Å²) < 4.78 is 0. The molecule has 1 rings (SSSR count). The maximum atomic E-state index is 9.62. The van der Waals surface area contributed by atoms with Gasteiger partial charge in [0.15, 0.2) is 0 Å². The van der Waals surface area contributed by atoms with Crippen LogP contribution in [0.25, 0.3) is 0 Å². The summed E-state index contributed by atoms with van der Waals surface area (Å²) in [5.41, 5.74) is 0. The van der Waals surface area contributed by atoms with Crippen molar-refractivity contribution in [1.82, 2.24) is 5.32 Å². The Morgan fingerprint density at radius 1 is 1.00 bits per heavy atom. The molecule has 21 heavy (non-hydrogen) atoms. The molecule has 4 heteroatoms. The van der Waals surface area contributed by atoms with E-state index in [1.807, 2.05) is 11.8 Å². The van der Waals surface area contributed by atoms with E-state index in [1.165, 1.54) is 64.2 Å². The van der Waals surface area contributed by atoms with E-state index in [9.17, 15) is 5.11 Å². The van der Waals surface area contributed by atoms with Crippen LogP contribution >= 0.6 is 11.8 Å². The van der Waals surface area contributed by atoms with Crippen LogP contribution in [0, 0.1) is 0 Å². The van der Waals surface area contributed by atoms with Crippen LogP contribution in [0.3, 0.4) is 0 Å². The van der Waals surface area contributed by atoms with Crippen molar-refractivity contribution in [3.8, 4) is 0 Å². The van der Waals surface area contributed by atoms with Gasteiger partial charge in [0.2, 0.25) is 0 Å². The first-order valence-corrected chi connectivity index (χ1v) is 9.96. The highest BCUT2D eigenvalue weighted by molar-refractivity contribution is 8.00. The number of aliphatic hydroxyl groups is 2. The molecule has 0 aromatic carbocycles. The molecule has 1 fully saturated rings. The molecule has 1 saturated carbocycles. The molecule has 0 aromatic rings. The van der Waals surface area contributed by atoms with Gasteiger partial charge >= 0.3 is 0 Å². The molecule has 126 valence electrons. The van der Waals surface area contributed by atoms with Crippen molar-refractivity contribution < 1.29 is 10.2 Å². The van der Waals surface area contributed by atoms with Crippen molar-refractivity contribution in [3.63, 3.8) is 0 Å². The summed E-state index contributed by atoms with van der Waals surface area (Å²) in [6, 6.07) is 0.560. The summed E-state index contributed by atoms with van der Waals surface area (Å²) in [7, 11) is 0. The number of rotatable bonds is 6. The topological polar surface area (TPSA) is 52.5 Å². The molecule has 3 nitrogen and oxygen atoms in total. The average Bonchev–Trinajstić information content (AvgIpc) is 2.49. The predicted molar refractivity (Wildman–Crippen MR) is 93.0 cm³/mol. The van der Waals surface area contributed by atoms with Gasteiger partial charge in [0.1, 0.15) is 0 Å². The van der Waals surface area contributed by atoms with E-state index in [2.05, 4.69) is 12.2 Å². The Balaban J connectivity index is 2.52. The molecule has 0 spiro atoms. The van der Waals surface area contributed by atoms with E-state index in [0.717, 1.165) is 6.54 Å². The summed E-state index contributed by atoms with van der Waals surface area (Å²) in [5, 5.41) is 22.9. The zero-order valence-electron chi connectivity index (χ0n) is 13.7. The molecule has 3 N–H and O–H groups in total. The van der Waals surface area contributed by atoms with Crippen LogP contribution < -0.4 is 5.32 Å². The number of hydrogen-bond donors (Lipinski definition) is 3. The lowest BCUT2D eigenvalue weighted by molar-refractivity contribution is 0.113. The Hall–Kier alpha value is 0.230. The minimum Gasteiger partial charge on any atom is -0.394 e. The molecule has 0 bridgehead atoms. The van der Waals surface area contributed by atoms with Crippen molar-refractivity contribution in [2.75, 3.05) is 18.9 Å². The second kappa shape index (κ2) is 12.7. The molecule has 3 atom stereocenters. The monoisotopic (exact) mass is 317 g/mol. The van der Waals surface area contributed by atoms with Crippen molar-refractivity contribution in [2.45, 2.75) is 88.5 Å². The van der Waals surface area contributed by atoms with Gasteiger partial charge in [0.25, 0.3) is 0 Å². The molecule has 0 aromatic heterocycles. The molecule has 0 aliphatic heterocycles. The lowest BCUT2D eigenvalue weighted by Gasteiger charge is -2.29. The predicted octanol–water partition coefficient (Wildman–Crippen LogP) is 3.33. The Labute approximate surface area is 135 Å². The van der Waals surface area contributed by atoms with Gasteiger partial charge < -0.3 is 15.5 Å². The second-order valence-electron chi connectivity index (χ2n) is 6.28. The molecule has 3 unspecified atom stereocenters. The Bertz CT molecular complexity index is 241. The normalized spacial score (nSPS) is 27.6. The highest BCUT2D eigenvalue weighted by atomic mass is 32.2. The zero-order valence-corrected chi connectivity index (χ0v) is 14.5. The molecule has 0 heterocycles. The quantitative estimate of drug-likeness (QED) is 0.703. The van der Waals surface area contributed by atoms with Gasteiger partial charge in [-0.25, -0.2) is 0 Å². The van der Waals surface area contributed by atoms with Gasteiger partial charge in [0, 0.05) is 17.0 Å². The SMILES string of the molecule is CCNC1CCCCCCCCCCC1SCC(O)CO. The summed E-state index contributed by atoms with van der Waals surface area (Å²) in [4.78, 5) is 0. The van der Waals surface area contributed by atoms with Crippen LogP contribution in [0.2, 0.25) is 0 Å². The van der Waals surface area contributed by atoms with E-state index in [1.54, 1.807) is 0 Å². The zero-order chi connectivity index (χ0) is 15.3. The van der Waals surface area contributed by atoms with Crippen LogP contribution in [-0.4, -0.2) is 46.5 Å². The molecule has 0 radical (unpaired) electrons. The molecule has 1 aliphatic carbocycles. The van der Waals surface area contributed by atoms with Gasteiger partial charge in [-0.2, -0.15) is 11.8 Å². The number of nitrogens with one attached hydrogen (secondary N) is 1. The Kier molecular flexibility index (Phi) is 11.7. The van der Waals surface area contributed by atoms with Crippen LogP contribution in [-0.2, 0) is 0 Å². The van der Waals surface area contributed by atoms with Crippen molar-refractivity contribution in [1.29, 1.82) is 0 Å². The fourth-order valence-electron chi connectivity index (χ4n) is 3.14. The lowest BCUT2D eigenvalue weighted by atomic mass is 9.97. The molecule has 0 amide bonds.